The van der Waals surface area contributed by atoms with Crippen LogP contribution in [0, 0.1) is 5.92 Å². The molecule has 3 aliphatic heterocycles. The Morgan fingerprint density at radius 1 is 0.958 bits per heavy atom. The summed E-state index contributed by atoms with van der Waals surface area (Å²) < 4.78 is 5.25. The Morgan fingerprint density at radius 2 is 1.88 bits per heavy atom. The fourth-order valence-corrected chi connectivity index (χ4v) is 4.42. The van der Waals surface area contributed by atoms with Crippen molar-refractivity contribution < 1.29 is 4.42 Å². The van der Waals surface area contributed by atoms with Crippen LogP contribution in [0.3, 0.4) is 0 Å². The van der Waals surface area contributed by atoms with Gasteiger partial charge in [-0.25, -0.2) is 0 Å². The van der Waals surface area contributed by atoms with Gasteiger partial charge < -0.3 is 9.32 Å². The summed E-state index contributed by atoms with van der Waals surface area (Å²) in [6.07, 6.45) is 8.92. The number of benzene rings is 1. The van der Waals surface area contributed by atoms with Gasteiger partial charge in [-0.1, -0.05) is 30.3 Å². The first-order chi connectivity index (χ1) is 11.9. The highest BCUT2D eigenvalue weighted by Crippen LogP contribution is 2.29. The quantitative estimate of drug-likeness (QED) is 0.805. The summed E-state index contributed by atoms with van der Waals surface area (Å²) >= 11 is 0. The van der Waals surface area contributed by atoms with E-state index in [0.29, 0.717) is 0 Å². The highest BCUT2D eigenvalue weighted by atomic mass is 16.3. The average Bonchev–Trinajstić information content (AvgIpc) is 2.96. The van der Waals surface area contributed by atoms with Gasteiger partial charge in [0, 0.05) is 37.8 Å². The second-order valence-corrected chi connectivity index (χ2v) is 7.51. The maximum Gasteiger partial charge on any atom is 0.0947 e. The predicted octanol–water partition coefficient (Wildman–Crippen LogP) is 3.81. The second kappa shape index (κ2) is 7.54. The fraction of sp³-hybridized carbons (Fsp3) is 0.524. The third-order valence-electron chi connectivity index (χ3n) is 5.65. The SMILES string of the molecule is c1ccc(CCCN2C[C@@H]3CC[C@H](C2)N(Cc2ccoc2)C3)cc1. The Hall–Kier alpha value is -1.58. The van der Waals surface area contributed by atoms with E-state index in [0.717, 1.165) is 18.5 Å². The molecule has 0 spiro atoms. The summed E-state index contributed by atoms with van der Waals surface area (Å²) in [5.74, 6) is 0.840. The Kier molecular flexibility index (Phi) is 5.00. The molecular weight excluding hydrogens is 296 g/mol. The molecule has 3 saturated heterocycles. The van der Waals surface area contributed by atoms with E-state index in [4.69, 9.17) is 4.42 Å². The minimum absolute atomic E-state index is 0.718. The summed E-state index contributed by atoms with van der Waals surface area (Å²) in [7, 11) is 0. The van der Waals surface area contributed by atoms with E-state index >= 15 is 0 Å². The van der Waals surface area contributed by atoms with Crippen LogP contribution >= 0.6 is 0 Å². The molecule has 3 fully saturated rings. The maximum absolute atomic E-state index is 5.25. The van der Waals surface area contributed by atoms with Crippen LogP contribution in [-0.4, -0.2) is 42.0 Å². The summed E-state index contributed by atoms with van der Waals surface area (Å²) in [5.41, 5.74) is 2.79. The third kappa shape index (κ3) is 3.90. The van der Waals surface area contributed by atoms with Gasteiger partial charge in [0.15, 0.2) is 0 Å². The van der Waals surface area contributed by atoms with Gasteiger partial charge in [-0.05, 0) is 49.8 Å². The molecule has 3 nitrogen and oxygen atoms in total. The normalized spacial score (nSPS) is 25.0. The number of nitrogens with zero attached hydrogens (tertiary/aromatic N) is 2. The van der Waals surface area contributed by atoms with Crippen LogP contribution in [0.5, 0.6) is 0 Å². The molecule has 1 aromatic heterocycles. The monoisotopic (exact) mass is 324 g/mol. The molecule has 5 rings (SSSR count). The second-order valence-electron chi connectivity index (χ2n) is 7.51. The van der Waals surface area contributed by atoms with E-state index in [9.17, 15) is 0 Å². The van der Waals surface area contributed by atoms with Crippen LogP contribution in [0.1, 0.15) is 30.4 Å². The van der Waals surface area contributed by atoms with E-state index in [1.54, 1.807) is 6.26 Å². The summed E-state index contributed by atoms with van der Waals surface area (Å²) in [4.78, 5) is 5.41. The molecule has 2 atom stereocenters. The molecule has 2 aromatic rings. The molecule has 0 N–H and O–H groups in total. The number of fused-ring (bicyclic) bond motifs is 4. The van der Waals surface area contributed by atoms with Crippen LogP contribution in [0.25, 0.3) is 0 Å². The van der Waals surface area contributed by atoms with Crippen molar-refractivity contribution in [2.75, 3.05) is 26.2 Å². The Balaban J connectivity index is 1.31. The first-order valence-corrected chi connectivity index (χ1v) is 9.38. The lowest BCUT2D eigenvalue weighted by Crippen LogP contribution is -2.43. The van der Waals surface area contributed by atoms with E-state index in [2.05, 4.69) is 46.2 Å². The van der Waals surface area contributed by atoms with E-state index in [1.165, 1.54) is 63.0 Å². The lowest BCUT2D eigenvalue weighted by molar-refractivity contribution is 0.123. The largest absolute Gasteiger partial charge is 0.472 e. The molecule has 4 heterocycles. The maximum atomic E-state index is 5.25. The zero-order valence-electron chi connectivity index (χ0n) is 14.4. The van der Waals surface area contributed by atoms with Crippen molar-refractivity contribution in [1.82, 2.24) is 9.80 Å². The van der Waals surface area contributed by atoms with Crippen molar-refractivity contribution in [3.8, 4) is 0 Å². The first-order valence-electron chi connectivity index (χ1n) is 9.38. The van der Waals surface area contributed by atoms with Crippen LogP contribution in [-0.2, 0) is 13.0 Å². The van der Waals surface area contributed by atoms with Gasteiger partial charge in [0.1, 0.15) is 0 Å². The zero-order valence-corrected chi connectivity index (χ0v) is 14.4. The Morgan fingerprint density at radius 3 is 2.71 bits per heavy atom. The van der Waals surface area contributed by atoms with Gasteiger partial charge >= 0.3 is 0 Å². The molecule has 3 aliphatic rings. The molecule has 0 radical (unpaired) electrons. The molecule has 0 saturated carbocycles. The fourth-order valence-electron chi connectivity index (χ4n) is 4.42. The highest BCUT2D eigenvalue weighted by Gasteiger charge is 2.34. The topological polar surface area (TPSA) is 19.6 Å². The zero-order chi connectivity index (χ0) is 16.2. The van der Waals surface area contributed by atoms with E-state index < -0.39 is 0 Å². The molecule has 2 bridgehead atoms. The minimum atomic E-state index is 0.718. The third-order valence-corrected chi connectivity index (χ3v) is 5.65. The van der Waals surface area contributed by atoms with Crippen LogP contribution < -0.4 is 0 Å². The van der Waals surface area contributed by atoms with Gasteiger partial charge in [0.05, 0.1) is 12.5 Å². The minimum Gasteiger partial charge on any atom is -0.472 e. The molecular formula is C21H28N2O. The van der Waals surface area contributed by atoms with Crippen LogP contribution in [0.15, 0.2) is 53.3 Å². The van der Waals surface area contributed by atoms with E-state index in [1.807, 2.05) is 6.26 Å². The van der Waals surface area contributed by atoms with Crippen LogP contribution in [0.2, 0.25) is 0 Å². The lowest BCUT2D eigenvalue weighted by Gasteiger charge is -2.35. The number of furan rings is 1. The smallest absolute Gasteiger partial charge is 0.0947 e. The molecule has 1 aromatic carbocycles. The molecule has 0 aliphatic carbocycles. The van der Waals surface area contributed by atoms with E-state index in [-0.39, 0.29) is 0 Å². The number of hydrogen-bond acceptors (Lipinski definition) is 3. The Labute approximate surface area is 145 Å². The van der Waals surface area contributed by atoms with Crippen molar-refractivity contribution in [3.63, 3.8) is 0 Å². The van der Waals surface area contributed by atoms with Gasteiger partial charge in [0.2, 0.25) is 0 Å². The van der Waals surface area contributed by atoms with Gasteiger partial charge in [0.25, 0.3) is 0 Å². The van der Waals surface area contributed by atoms with Gasteiger partial charge in [-0.2, -0.15) is 0 Å². The number of rotatable bonds is 6. The van der Waals surface area contributed by atoms with Crippen molar-refractivity contribution in [2.24, 2.45) is 5.92 Å². The van der Waals surface area contributed by atoms with Crippen molar-refractivity contribution in [1.29, 1.82) is 0 Å². The van der Waals surface area contributed by atoms with Crippen molar-refractivity contribution >= 4 is 0 Å². The van der Waals surface area contributed by atoms with Gasteiger partial charge in [-0.15, -0.1) is 0 Å². The van der Waals surface area contributed by atoms with Gasteiger partial charge in [-0.3, -0.25) is 4.90 Å². The van der Waals surface area contributed by atoms with Crippen molar-refractivity contribution in [3.05, 3.63) is 60.1 Å². The number of aryl methyl sites for hydroxylation is 1. The summed E-state index contributed by atoms with van der Waals surface area (Å²) in [5, 5.41) is 0. The molecule has 0 unspecified atom stereocenters. The Bertz CT molecular complexity index is 610. The predicted molar refractivity (Wildman–Crippen MR) is 96.8 cm³/mol. The van der Waals surface area contributed by atoms with Crippen molar-refractivity contribution in [2.45, 2.75) is 38.3 Å². The molecule has 3 heteroatoms. The standard InChI is InChI=1S/C21H28N2O/c1-2-5-18(6-3-1)7-4-11-22-13-19-8-9-21(16-22)23(14-19)15-20-10-12-24-17-20/h1-3,5-6,10,12,17,19,21H,4,7-9,11,13-16H2/t19-,21+/m0/s1. The average molecular weight is 324 g/mol. The molecule has 128 valence electrons. The number of hydrogen-bond donors (Lipinski definition) is 0. The summed E-state index contributed by atoms with van der Waals surface area (Å²) in [6.45, 7) is 6.07. The molecule has 24 heavy (non-hydrogen) atoms. The lowest BCUT2D eigenvalue weighted by atomic mass is 9.95. The molecule has 0 amide bonds. The first kappa shape index (κ1) is 15.9. The summed E-state index contributed by atoms with van der Waals surface area (Å²) in [6, 6.07) is 13.7. The number of piperidine rings is 1. The van der Waals surface area contributed by atoms with Crippen LogP contribution in [0.4, 0.5) is 0 Å². The highest BCUT2D eigenvalue weighted by molar-refractivity contribution is 5.14.